The van der Waals surface area contributed by atoms with E-state index in [1.807, 2.05) is 0 Å². The van der Waals surface area contributed by atoms with E-state index < -0.39 is 10.0 Å². The molecule has 22 heavy (non-hydrogen) atoms. The van der Waals surface area contributed by atoms with E-state index in [-0.39, 0.29) is 23.7 Å². The minimum Gasteiger partial charge on any atom is -0.497 e. The Labute approximate surface area is 128 Å². The van der Waals surface area contributed by atoms with E-state index in [1.165, 1.54) is 30.9 Å². The highest BCUT2D eigenvalue weighted by atomic mass is 32.2. The Morgan fingerprint density at radius 1 is 1.18 bits per heavy atom. The number of benzene rings is 1. The molecule has 0 atom stereocenters. The molecule has 8 heteroatoms. The Morgan fingerprint density at radius 2 is 2.00 bits per heavy atom. The van der Waals surface area contributed by atoms with Crippen LogP contribution in [0.25, 0.3) is 0 Å². The van der Waals surface area contributed by atoms with Crippen LogP contribution in [0.2, 0.25) is 0 Å². The zero-order valence-corrected chi connectivity index (χ0v) is 13.0. The highest BCUT2D eigenvalue weighted by molar-refractivity contribution is 7.89. The first-order chi connectivity index (χ1) is 10.6. The molecule has 0 unspecified atom stereocenters. The first kappa shape index (κ1) is 14.7. The van der Waals surface area contributed by atoms with Gasteiger partial charge in [0.05, 0.1) is 26.5 Å². The molecule has 0 N–H and O–H groups in total. The second kappa shape index (κ2) is 5.54. The third-order valence-corrected chi connectivity index (χ3v) is 5.36. The number of hydrogen-bond donors (Lipinski definition) is 0. The molecule has 0 aliphatic carbocycles. The van der Waals surface area contributed by atoms with E-state index in [4.69, 9.17) is 9.47 Å². The number of fused-ring (bicyclic) bond motifs is 1. The maximum absolute atomic E-state index is 12.9. The lowest BCUT2D eigenvalue weighted by molar-refractivity contribution is 0.384. The number of methoxy groups -OCH3 is 2. The Hall–Kier alpha value is -2.19. The molecule has 7 nitrogen and oxygen atoms in total. The summed E-state index contributed by atoms with van der Waals surface area (Å²) in [6.07, 6.45) is 3.06. The molecule has 0 saturated heterocycles. The molecule has 0 radical (unpaired) electrons. The maximum atomic E-state index is 12.9. The third-order valence-electron chi connectivity index (χ3n) is 3.54. The molecule has 0 fully saturated rings. The largest absolute Gasteiger partial charge is 0.497 e. The quantitative estimate of drug-likeness (QED) is 0.841. The Bertz CT molecular complexity index is 782. The van der Waals surface area contributed by atoms with E-state index in [0.717, 1.165) is 11.3 Å². The molecular formula is C14H15N3O4S. The molecule has 0 amide bonds. The van der Waals surface area contributed by atoms with E-state index in [2.05, 4.69) is 9.97 Å². The smallest absolute Gasteiger partial charge is 0.247 e. The van der Waals surface area contributed by atoms with Crippen LogP contribution < -0.4 is 9.47 Å². The lowest BCUT2D eigenvalue weighted by Gasteiger charge is -2.18. The summed E-state index contributed by atoms with van der Waals surface area (Å²) in [5.41, 5.74) is 1.54. The molecule has 116 valence electrons. The summed E-state index contributed by atoms with van der Waals surface area (Å²) in [5, 5.41) is 0. The molecule has 1 aliphatic rings. The average Bonchev–Trinajstić information content (AvgIpc) is 2.99. The lowest BCUT2D eigenvalue weighted by Crippen LogP contribution is -2.26. The van der Waals surface area contributed by atoms with Gasteiger partial charge in [0, 0.05) is 24.4 Å². The summed E-state index contributed by atoms with van der Waals surface area (Å²) in [6.45, 7) is 0.472. The van der Waals surface area contributed by atoms with Crippen molar-refractivity contribution in [2.45, 2.75) is 18.0 Å². The summed E-state index contributed by atoms with van der Waals surface area (Å²) >= 11 is 0. The first-order valence-electron chi connectivity index (χ1n) is 6.56. The van der Waals surface area contributed by atoms with Crippen molar-refractivity contribution in [1.82, 2.24) is 14.3 Å². The van der Waals surface area contributed by atoms with E-state index in [1.54, 1.807) is 18.3 Å². The summed E-state index contributed by atoms with van der Waals surface area (Å²) < 4.78 is 37.4. The van der Waals surface area contributed by atoms with Crippen LogP contribution in [0.15, 0.2) is 35.6 Å². The fourth-order valence-corrected chi connectivity index (χ4v) is 3.92. The number of hydrogen-bond acceptors (Lipinski definition) is 6. The minimum atomic E-state index is -3.72. The molecule has 0 saturated carbocycles. The number of nitrogens with zero attached hydrogens (tertiary/aromatic N) is 3. The van der Waals surface area contributed by atoms with Crippen LogP contribution in [0.3, 0.4) is 0 Å². The van der Waals surface area contributed by atoms with Crippen LogP contribution in [-0.2, 0) is 23.1 Å². The highest BCUT2D eigenvalue weighted by Crippen LogP contribution is 2.34. The summed E-state index contributed by atoms with van der Waals surface area (Å²) in [5.74, 6) is 0.735. The number of sulfonamides is 1. The van der Waals surface area contributed by atoms with Gasteiger partial charge >= 0.3 is 0 Å². The predicted octanol–water partition coefficient (Wildman–Crippen LogP) is 1.20. The topological polar surface area (TPSA) is 81.6 Å². The van der Waals surface area contributed by atoms with Gasteiger partial charge in [-0.25, -0.2) is 18.4 Å². The predicted molar refractivity (Wildman–Crippen MR) is 78.0 cm³/mol. The van der Waals surface area contributed by atoms with Crippen LogP contribution in [0.1, 0.15) is 11.3 Å². The van der Waals surface area contributed by atoms with Gasteiger partial charge in [-0.15, -0.1) is 0 Å². The molecule has 0 spiro atoms. The zero-order chi connectivity index (χ0) is 15.7. The van der Waals surface area contributed by atoms with Crippen LogP contribution in [0.4, 0.5) is 0 Å². The van der Waals surface area contributed by atoms with Crippen LogP contribution in [0.5, 0.6) is 11.5 Å². The molecule has 2 heterocycles. The fourth-order valence-electron chi connectivity index (χ4n) is 2.37. The molecule has 0 bridgehead atoms. The Kier molecular flexibility index (Phi) is 3.71. The molecular weight excluding hydrogens is 306 g/mol. The summed E-state index contributed by atoms with van der Waals surface area (Å²) in [4.78, 5) is 8.13. The van der Waals surface area contributed by atoms with Crippen molar-refractivity contribution in [3.05, 3.63) is 42.0 Å². The Balaban J connectivity index is 2.01. The van der Waals surface area contributed by atoms with E-state index in [0.29, 0.717) is 5.75 Å². The van der Waals surface area contributed by atoms with Crippen molar-refractivity contribution in [1.29, 1.82) is 0 Å². The van der Waals surface area contributed by atoms with E-state index >= 15 is 0 Å². The standard InChI is InChI=1S/C14H15N3O4S/c1-20-11-3-4-13(21-2)14(5-11)22(18,19)17-7-10-6-15-9-16-12(10)8-17/h3-6,9H,7-8H2,1-2H3. The van der Waals surface area contributed by atoms with Gasteiger partial charge in [-0.05, 0) is 12.1 Å². The van der Waals surface area contributed by atoms with Gasteiger partial charge in [0.25, 0.3) is 0 Å². The molecule has 1 aliphatic heterocycles. The lowest BCUT2D eigenvalue weighted by atomic mass is 10.3. The van der Waals surface area contributed by atoms with Crippen molar-refractivity contribution < 1.29 is 17.9 Å². The van der Waals surface area contributed by atoms with Crippen molar-refractivity contribution in [2.75, 3.05) is 14.2 Å². The second-order valence-electron chi connectivity index (χ2n) is 4.78. The van der Waals surface area contributed by atoms with Gasteiger partial charge in [0.15, 0.2) is 0 Å². The van der Waals surface area contributed by atoms with Gasteiger partial charge in [-0.2, -0.15) is 4.31 Å². The SMILES string of the molecule is COc1ccc(OC)c(S(=O)(=O)N2Cc3cncnc3C2)c1. The van der Waals surface area contributed by atoms with Gasteiger partial charge in [-0.1, -0.05) is 0 Å². The minimum absolute atomic E-state index is 0.0788. The van der Waals surface area contributed by atoms with Crippen LogP contribution in [0, 0.1) is 0 Å². The second-order valence-corrected chi connectivity index (χ2v) is 6.69. The zero-order valence-electron chi connectivity index (χ0n) is 12.2. The highest BCUT2D eigenvalue weighted by Gasteiger charge is 2.33. The van der Waals surface area contributed by atoms with Crippen molar-refractivity contribution >= 4 is 10.0 Å². The van der Waals surface area contributed by atoms with Crippen molar-refractivity contribution in [3.8, 4) is 11.5 Å². The van der Waals surface area contributed by atoms with Crippen LogP contribution >= 0.6 is 0 Å². The van der Waals surface area contributed by atoms with Gasteiger partial charge in [-0.3, -0.25) is 0 Å². The monoisotopic (exact) mass is 321 g/mol. The summed E-state index contributed by atoms with van der Waals surface area (Å²) in [7, 11) is -0.800. The molecule has 2 aromatic rings. The van der Waals surface area contributed by atoms with Crippen LogP contribution in [-0.4, -0.2) is 36.9 Å². The van der Waals surface area contributed by atoms with Crippen molar-refractivity contribution in [2.24, 2.45) is 0 Å². The first-order valence-corrected chi connectivity index (χ1v) is 8.00. The number of ether oxygens (including phenoxy) is 2. The Morgan fingerprint density at radius 3 is 2.68 bits per heavy atom. The van der Waals surface area contributed by atoms with E-state index in [9.17, 15) is 8.42 Å². The third kappa shape index (κ3) is 2.40. The van der Waals surface area contributed by atoms with Gasteiger partial charge in [0.1, 0.15) is 22.7 Å². The normalized spacial score (nSPS) is 14.6. The molecule has 3 rings (SSSR count). The summed E-state index contributed by atoms with van der Waals surface area (Å²) in [6, 6.07) is 4.69. The molecule has 1 aromatic heterocycles. The average molecular weight is 321 g/mol. The van der Waals surface area contributed by atoms with Crippen molar-refractivity contribution in [3.63, 3.8) is 0 Å². The fraction of sp³-hybridized carbons (Fsp3) is 0.286. The van der Waals surface area contributed by atoms with Gasteiger partial charge in [0.2, 0.25) is 10.0 Å². The number of rotatable bonds is 4. The van der Waals surface area contributed by atoms with Gasteiger partial charge < -0.3 is 9.47 Å². The molecule has 1 aromatic carbocycles. The number of aromatic nitrogens is 2. The maximum Gasteiger partial charge on any atom is 0.247 e.